The van der Waals surface area contributed by atoms with Gasteiger partial charge in [-0.25, -0.2) is 19.7 Å². The van der Waals surface area contributed by atoms with E-state index in [0.29, 0.717) is 5.03 Å². The van der Waals surface area contributed by atoms with Crippen molar-refractivity contribution in [1.29, 1.82) is 0 Å². The number of nitrogens with zero attached hydrogens (tertiary/aromatic N) is 5. The van der Waals surface area contributed by atoms with Gasteiger partial charge in [0.1, 0.15) is 19.3 Å². The third-order valence-corrected chi connectivity index (χ3v) is 12.8. The molecule has 1 spiro atoms. The van der Waals surface area contributed by atoms with Crippen LogP contribution in [0.15, 0.2) is 22.3 Å². The third kappa shape index (κ3) is 7.73. The molecule has 2 aliphatic rings. The molecule has 244 valence electrons. The molecule has 44 heavy (non-hydrogen) atoms. The molecule has 0 bridgehead atoms. The maximum absolute atomic E-state index is 12.9. The number of amides is 1. The van der Waals surface area contributed by atoms with Crippen molar-refractivity contribution in [1.82, 2.24) is 19.7 Å². The lowest BCUT2D eigenvalue weighted by molar-refractivity contribution is 0.186. The molecule has 2 aromatic rings. The van der Waals surface area contributed by atoms with E-state index in [4.69, 9.17) is 21.6 Å². The Hall–Kier alpha value is -1.06. The largest absolute Gasteiger partial charge is 0.598 e. The van der Waals surface area contributed by atoms with E-state index in [9.17, 15) is 14.5 Å². The zero-order chi connectivity index (χ0) is 32.8. The highest BCUT2D eigenvalue weighted by Crippen LogP contribution is 2.48. The molecule has 4 rings (SSSR count). The van der Waals surface area contributed by atoms with E-state index in [0.717, 1.165) is 58.8 Å². The molecule has 0 aromatic carbocycles. The van der Waals surface area contributed by atoms with E-state index in [1.165, 1.54) is 23.1 Å². The molecule has 9 nitrogen and oxygen atoms in total. The van der Waals surface area contributed by atoms with Crippen molar-refractivity contribution >= 4 is 75.0 Å². The van der Waals surface area contributed by atoms with Crippen LogP contribution >= 0.6 is 46.0 Å². The fraction of sp³-hybridized carbons (Fsp3) is 0.677. The molecule has 2 atom stereocenters. The van der Waals surface area contributed by atoms with E-state index in [2.05, 4.69) is 58.0 Å². The number of nitrogens with one attached hydrogen (secondary N) is 1. The molecule has 0 unspecified atom stereocenters. The lowest BCUT2D eigenvalue weighted by Crippen LogP contribution is -2.53. The zero-order valence-corrected chi connectivity index (χ0v) is 31.8. The van der Waals surface area contributed by atoms with Gasteiger partial charge in [0, 0.05) is 41.1 Å². The first-order chi connectivity index (χ1) is 20.2. The first kappa shape index (κ1) is 35.8. The SMILES string of the molecule is CC(C)(C)c1cnc(N(C(=O)O)C(C)(C)C)c(Cl)c1Sc1ncc(N2CCC3(CCC[C@H]3N[S@+]([O-])C(C)(C)C)CC2)nc1I. The Bertz CT molecular complexity index is 1370. The number of carbonyl (C=O) groups is 1. The van der Waals surface area contributed by atoms with Gasteiger partial charge in [0.05, 0.1) is 17.3 Å². The topological polar surface area (TPSA) is 118 Å². The molecular formula is C31H46ClIN6O3S2. The van der Waals surface area contributed by atoms with Crippen molar-refractivity contribution in [2.45, 2.75) is 126 Å². The standard InChI is InChI=1S/C31H46ClIN6O3S2/c1-28(2,3)19-17-34-25(39(27(40)41)29(4,5)6)22(32)23(19)43-26-24(33)36-21(18-35-26)38-15-13-31(14-16-38)12-10-11-20(31)37-44(42)30(7,8)9/h17-18,20,37H,10-16H2,1-9H3,(H,40,41)/t20-,44-/m1/s1. The van der Waals surface area contributed by atoms with Gasteiger partial charge in [-0.05, 0) is 106 Å². The summed E-state index contributed by atoms with van der Waals surface area (Å²) in [5, 5.41) is 11.0. The maximum atomic E-state index is 12.9. The number of hydrogen-bond acceptors (Lipinski definition) is 8. The maximum Gasteiger partial charge on any atom is 0.413 e. The summed E-state index contributed by atoms with van der Waals surface area (Å²) in [5.41, 5.74) is 0.0478. The summed E-state index contributed by atoms with van der Waals surface area (Å²) in [6.45, 7) is 19.5. The Morgan fingerprint density at radius 1 is 1.14 bits per heavy atom. The van der Waals surface area contributed by atoms with Gasteiger partial charge >= 0.3 is 6.09 Å². The van der Waals surface area contributed by atoms with Crippen molar-refractivity contribution in [3.63, 3.8) is 0 Å². The van der Waals surface area contributed by atoms with Crippen LogP contribution in [0.2, 0.25) is 5.02 Å². The molecule has 3 heterocycles. The number of aromatic nitrogens is 3. The number of rotatable bonds is 6. The fourth-order valence-corrected chi connectivity index (χ4v) is 9.14. The molecule has 1 amide bonds. The molecule has 1 aliphatic carbocycles. The molecular weight excluding hydrogens is 731 g/mol. The predicted octanol–water partition coefficient (Wildman–Crippen LogP) is 8.05. The quantitative estimate of drug-likeness (QED) is 0.222. The summed E-state index contributed by atoms with van der Waals surface area (Å²) in [6.07, 6.45) is 7.89. The van der Waals surface area contributed by atoms with Gasteiger partial charge in [-0.3, -0.25) is 4.90 Å². The summed E-state index contributed by atoms with van der Waals surface area (Å²) in [5.74, 6) is 1.05. The van der Waals surface area contributed by atoms with Crippen molar-refractivity contribution in [3.8, 4) is 0 Å². The van der Waals surface area contributed by atoms with E-state index in [-0.39, 0.29) is 32.5 Å². The van der Waals surface area contributed by atoms with Crippen LogP contribution in [0.5, 0.6) is 0 Å². The van der Waals surface area contributed by atoms with Gasteiger partial charge in [0.25, 0.3) is 0 Å². The highest BCUT2D eigenvalue weighted by Gasteiger charge is 2.48. The van der Waals surface area contributed by atoms with E-state index >= 15 is 0 Å². The lowest BCUT2D eigenvalue weighted by atomic mass is 9.74. The van der Waals surface area contributed by atoms with Crippen LogP contribution in [0.3, 0.4) is 0 Å². The first-order valence-electron chi connectivity index (χ1n) is 15.1. The smallest absolute Gasteiger partial charge is 0.413 e. The highest BCUT2D eigenvalue weighted by molar-refractivity contribution is 14.1. The van der Waals surface area contributed by atoms with Crippen LogP contribution in [0, 0.1) is 9.12 Å². The monoisotopic (exact) mass is 776 g/mol. The van der Waals surface area contributed by atoms with Crippen molar-refractivity contribution in [3.05, 3.63) is 26.7 Å². The van der Waals surface area contributed by atoms with Crippen molar-refractivity contribution in [2.24, 2.45) is 5.41 Å². The molecule has 2 fully saturated rings. The minimum Gasteiger partial charge on any atom is -0.598 e. The van der Waals surface area contributed by atoms with Crippen LogP contribution in [0.25, 0.3) is 0 Å². The zero-order valence-electron chi connectivity index (χ0n) is 27.3. The number of piperidine rings is 1. The Morgan fingerprint density at radius 2 is 1.77 bits per heavy atom. The molecule has 2 N–H and O–H groups in total. The van der Waals surface area contributed by atoms with E-state index < -0.39 is 23.0 Å². The summed E-state index contributed by atoms with van der Waals surface area (Å²) < 4.78 is 16.8. The molecule has 13 heteroatoms. The van der Waals surface area contributed by atoms with Gasteiger partial charge in [0.2, 0.25) is 0 Å². The molecule has 2 aromatic heterocycles. The van der Waals surface area contributed by atoms with Crippen LogP contribution in [0.4, 0.5) is 16.4 Å². The van der Waals surface area contributed by atoms with Crippen LogP contribution in [-0.4, -0.2) is 60.1 Å². The highest BCUT2D eigenvalue weighted by atomic mass is 127. The van der Waals surface area contributed by atoms with Crippen LogP contribution < -0.4 is 14.5 Å². The van der Waals surface area contributed by atoms with Crippen molar-refractivity contribution in [2.75, 3.05) is 22.9 Å². The Morgan fingerprint density at radius 3 is 2.30 bits per heavy atom. The third-order valence-electron chi connectivity index (χ3n) is 8.52. The minimum atomic E-state index is -1.12. The summed E-state index contributed by atoms with van der Waals surface area (Å²) in [7, 11) is 0. The second-order valence-electron chi connectivity index (χ2n) is 14.9. The average molecular weight is 777 g/mol. The molecule has 1 aliphatic heterocycles. The Kier molecular flexibility index (Phi) is 10.7. The molecule has 1 saturated carbocycles. The normalized spacial score (nSPS) is 19.8. The van der Waals surface area contributed by atoms with Crippen LogP contribution in [-0.2, 0) is 16.8 Å². The van der Waals surface area contributed by atoms with Gasteiger partial charge < -0.3 is 14.6 Å². The predicted molar refractivity (Wildman–Crippen MR) is 190 cm³/mol. The Balaban J connectivity index is 1.56. The van der Waals surface area contributed by atoms with Crippen LogP contribution in [0.1, 0.15) is 100.0 Å². The second kappa shape index (κ2) is 13.2. The summed E-state index contributed by atoms with van der Waals surface area (Å²) >= 11 is 9.52. The van der Waals surface area contributed by atoms with Gasteiger partial charge in [-0.1, -0.05) is 50.6 Å². The van der Waals surface area contributed by atoms with E-state index in [1.807, 2.05) is 47.7 Å². The van der Waals surface area contributed by atoms with Gasteiger partial charge in [-0.15, -0.1) is 4.72 Å². The number of pyridine rings is 1. The lowest BCUT2D eigenvalue weighted by Gasteiger charge is -2.44. The molecule has 1 saturated heterocycles. The summed E-state index contributed by atoms with van der Waals surface area (Å²) in [6, 6.07) is 0.275. The number of halogens is 2. The first-order valence-corrected chi connectivity index (χ1v) is 18.5. The number of anilines is 2. The van der Waals surface area contributed by atoms with Gasteiger partial charge in [-0.2, -0.15) is 0 Å². The fourth-order valence-electron chi connectivity index (χ4n) is 6.02. The van der Waals surface area contributed by atoms with Crippen molar-refractivity contribution < 1.29 is 14.5 Å². The molecule has 0 radical (unpaired) electrons. The minimum absolute atomic E-state index is 0.170. The summed E-state index contributed by atoms with van der Waals surface area (Å²) in [4.78, 5) is 30.8. The average Bonchev–Trinajstić information content (AvgIpc) is 3.26. The Labute approximate surface area is 288 Å². The number of hydrogen-bond donors (Lipinski definition) is 2. The number of carboxylic acid groups (broad SMARTS) is 1. The van der Waals surface area contributed by atoms with E-state index in [1.54, 1.807) is 6.20 Å². The second-order valence-corrected chi connectivity index (χ2v) is 19.3. The van der Waals surface area contributed by atoms with Gasteiger partial charge in [0.15, 0.2) is 5.82 Å².